The van der Waals surface area contributed by atoms with Crippen molar-refractivity contribution in [3.63, 3.8) is 0 Å². The maximum atomic E-state index is 12.6. The first-order chi connectivity index (χ1) is 6.57. The van der Waals surface area contributed by atoms with Crippen molar-refractivity contribution in [1.82, 2.24) is 4.98 Å². The van der Waals surface area contributed by atoms with E-state index in [9.17, 15) is 8.78 Å². The van der Waals surface area contributed by atoms with Crippen molar-refractivity contribution < 1.29 is 8.78 Å². The minimum atomic E-state index is -2.67. The average molecular weight is 281 g/mol. The van der Waals surface area contributed by atoms with Crippen LogP contribution >= 0.6 is 27.5 Å². The molecule has 0 spiro atoms. The van der Waals surface area contributed by atoms with Gasteiger partial charge < -0.3 is 0 Å². The molecule has 6 heteroatoms. The van der Waals surface area contributed by atoms with Gasteiger partial charge in [0.05, 0.1) is 12.5 Å². The Bertz CT molecular complexity index is 390. The number of aromatic nitrogens is 1. The summed E-state index contributed by atoms with van der Waals surface area (Å²) >= 11 is 8.55. The number of alkyl halides is 2. The lowest BCUT2D eigenvalue weighted by atomic mass is 10.1. The van der Waals surface area contributed by atoms with Gasteiger partial charge in [0, 0.05) is 21.8 Å². The van der Waals surface area contributed by atoms with Crippen molar-refractivity contribution in [2.75, 3.05) is 0 Å². The molecule has 0 fully saturated rings. The molecule has 0 amide bonds. The number of halogens is 4. The third-order valence-electron chi connectivity index (χ3n) is 1.60. The molecule has 1 aromatic heterocycles. The third-order valence-corrected chi connectivity index (χ3v) is 2.55. The zero-order valence-electron chi connectivity index (χ0n) is 6.77. The molecule has 0 radical (unpaired) electrons. The molecular formula is C8H4BrClF2N2. The van der Waals surface area contributed by atoms with Gasteiger partial charge in [-0.2, -0.15) is 5.26 Å². The topological polar surface area (TPSA) is 36.7 Å². The number of hydrogen-bond acceptors (Lipinski definition) is 2. The van der Waals surface area contributed by atoms with Gasteiger partial charge in [-0.3, -0.25) is 0 Å². The van der Waals surface area contributed by atoms with Crippen molar-refractivity contribution in [2.24, 2.45) is 0 Å². The minimum Gasteiger partial charge on any atom is -0.243 e. The maximum Gasteiger partial charge on any atom is 0.265 e. The summed E-state index contributed by atoms with van der Waals surface area (Å²) in [5.74, 6) is 0. The monoisotopic (exact) mass is 280 g/mol. The molecule has 0 N–H and O–H groups in total. The minimum absolute atomic E-state index is 0.0509. The summed E-state index contributed by atoms with van der Waals surface area (Å²) in [7, 11) is 0. The van der Waals surface area contributed by atoms with Crippen LogP contribution in [0.3, 0.4) is 0 Å². The molecule has 0 aliphatic heterocycles. The quantitative estimate of drug-likeness (QED) is 0.778. The Labute approximate surface area is 92.6 Å². The van der Waals surface area contributed by atoms with Crippen molar-refractivity contribution in [3.05, 3.63) is 26.9 Å². The molecule has 1 aromatic rings. The van der Waals surface area contributed by atoms with Gasteiger partial charge in [-0.05, 0) is 15.9 Å². The molecule has 0 aliphatic carbocycles. The lowest BCUT2D eigenvalue weighted by Gasteiger charge is -2.08. The highest BCUT2D eigenvalue weighted by atomic mass is 79.9. The molecule has 0 atom stereocenters. The molecule has 0 bridgehead atoms. The van der Waals surface area contributed by atoms with Gasteiger partial charge in [0.2, 0.25) is 0 Å². The van der Waals surface area contributed by atoms with Crippen LogP contribution in [0.5, 0.6) is 0 Å². The van der Waals surface area contributed by atoms with E-state index < -0.39 is 6.43 Å². The second-order valence-electron chi connectivity index (χ2n) is 2.42. The molecule has 0 unspecified atom stereocenters. The van der Waals surface area contributed by atoms with E-state index in [4.69, 9.17) is 16.9 Å². The number of nitrogens with zero attached hydrogens (tertiary/aromatic N) is 2. The van der Waals surface area contributed by atoms with Crippen molar-refractivity contribution >= 4 is 27.5 Å². The first-order valence-electron chi connectivity index (χ1n) is 3.55. The Morgan fingerprint density at radius 2 is 2.29 bits per heavy atom. The molecule has 1 rings (SSSR count). The molecular weight excluding hydrogens is 277 g/mol. The van der Waals surface area contributed by atoms with Crippen LogP contribution in [-0.2, 0) is 6.42 Å². The van der Waals surface area contributed by atoms with Gasteiger partial charge in [-0.15, -0.1) is 0 Å². The van der Waals surface area contributed by atoms with Gasteiger partial charge in [0.25, 0.3) is 6.43 Å². The van der Waals surface area contributed by atoms with E-state index in [0.717, 1.165) is 0 Å². The van der Waals surface area contributed by atoms with E-state index in [1.807, 2.05) is 0 Å². The van der Waals surface area contributed by atoms with Crippen LogP contribution in [-0.4, -0.2) is 4.98 Å². The van der Waals surface area contributed by atoms with Gasteiger partial charge in [0.1, 0.15) is 5.15 Å². The zero-order valence-corrected chi connectivity index (χ0v) is 9.11. The second-order valence-corrected chi connectivity index (χ2v) is 3.64. The Morgan fingerprint density at radius 3 is 2.79 bits per heavy atom. The summed E-state index contributed by atoms with van der Waals surface area (Å²) in [6.07, 6.45) is -1.65. The highest BCUT2D eigenvalue weighted by Crippen LogP contribution is 2.33. The predicted octanol–water partition coefficient (Wildman–Crippen LogP) is 3.50. The molecule has 0 aromatic carbocycles. The molecule has 74 valence electrons. The summed E-state index contributed by atoms with van der Waals surface area (Å²) in [5.41, 5.74) is -0.176. The number of rotatable bonds is 2. The fourth-order valence-electron chi connectivity index (χ4n) is 0.999. The van der Waals surface area contributed by atoms with Crippen LogP contribution in [0.4, 0.5) is 8.78 Å². The van der Waals surface area contributed by atoms with Crippen LogP contribution in [0.25, 0.3) is 0 Å². The molecule has 1 heterocycles. The largest absolute Gasteiger partial charge is 0.265 e. The fourth-order valence-corrected chi connectivity index (χ4v) is 1.73. The van der Waals surface area contributed by atoms with E-state index in [0.29, 0.717) is 0 Å². The molecule has 0 aliphatic rings. The number of pyridine rings is 1. The highest BCUT2D eigenvalue weighted by molar-refractivity contribution is 9.10. The fraction of sp³-hybridized carbons (Fsp3) is 0.250. The zero-order chi connectivity index (χ0) is 10.7. The van der Waals surface area contributed by atoms with Crippen molar-refractivity contribution in [1.29, 1.82) is 5.26 Å². The number of nitriles is 1. The summed E-state index contributed by atoms with van der Waals surface area (Å²) in [5, 5.41) is 8.39. The Balaban J connectivity index is 3.35. The summed E-state index contributed by atoms with van der Waals surface area (Å²) < 4.78 is 25.3. The van der Waals surface area contributed by atoms with Crippen LogP contribution in [0.2, 0.25) is 5.15 Å². The normalized spacial score (nSPS) is 10.3. The Hall–Kier alpha value is -0.730. The van der Waals surface area contributed by atoms with E-state index >= 15 is 0 Å². The first-order valence-corrected chi connectivity index (χ1v) is 4.73. The van der Waals surface area contributed by atoms with Crippen molar-refractivity contribution in [2.45, 2.75) is 12.8 Å². The SMILES string of the molecule is N#CCc1c(Cl)ncc(Br)c1C(F)F. The molecule has 14 heavy (non-hydrogen) atoms. The first kappa shape index (κ1) is 11.3. The van der Waals surface area contributed by atoms with E-state index in [1.165, 1.54) is 6.20 Å². The van der Waals surface area contributed by atoms with Crippen LogP contribution < -0.4 is 0 Å². The maximum absolute atomic E-state index is 12.6. The van der Waals surface area contributed by atoms with Gasteiger partial charge in [-0.25, -0.2) is 13.8 Å². The predicted molar refractivity (Wildman–Crippen MR) is 51.2 cm³/mol. The standard InChI is InChI=1S/C8H4BrClF2N2/c9-5-3-14-7(10)4(1-2-13)6(5)8(11)12/h3,8H,1H2. The van der Waals surface area contributed by atoms with Crippen LogP contribution in [0, 0.1) is 11.3 Å². The van der Waals surface area contributed by atoms with Crippen LogP contribution in [0.1, 0.15) is 17.6 Å². The third kappa shape index (κ3) is 2.20. The molecule has 0 saturated heterocycles. The summed E-state index contributed by atoms with van der Waals surface area (Å²) in [6.45, 7) is 0. The Morgan fingerprint density at radius 1 is 1.64 bits per heavy atom. The second kappa shape index (κ2) is 4.67. The lowest BCUT2D eigenvalue weighted by molar-refractivity contribution is 0.149. The summed E-state index contributed by atoms with van der Waals surface area (Å²) in [6, 6.07) is 1.77. The van der Waals surface area contributed by atoms with Gasteiger partial charge >= 0.3 is 0 Å². The van der Waals surface area contributed by atoms with E-state index in [-0.39, 0.29) is 27.2 Å². The summed E-state index contributed by atoms with van der Waals surface area (Å²) in [4.78, 5) is 3.67. The van der Waals surface area contributed by atoms with Crippen molar-refractivity contribution in [3.8, 4) is 6.07 Å². The molecule has 0 saturated carbocycles. The average Bonchev–Trinajstić information content (AvgIpc) is 2.11. The molecule has 2 nitrogen and oxygen atoms in total. The Kier molecular flexibility index (Phi) is 3.78. The van der Waals surface area contributed by atoms with E-state index in [1.54, 1.807) is 6.07 Å². The highest BCUT2D eigenvalue weighted by Gasteiger charge is 2.19. The van der Waals surface area contributed by atoms with Gasteiger partial charge in [0.15, 0.2) is 0 Å². The van der Waals surface area contributed by atoms with Gasteiger partial charge in [-0.1, -0.05) is 11.6 Å². The smallest absolute Gasteiger partial charge is 0.243 e. The lowest BCUT2D eigenvalue weighted by Crippen LogP contribution is -1.98. The van der Waals surface area contributed by atoms with E-state index in [2.05, 4.69) is 20.9 Å². The number of hydrogen-bond donors (Lipinski definition) is 0. The van der Waals surface area contributed by atoms with Crippen LogP contribution in [0.15, 0.2) is 10.7 Å².